The Morgan fingerprint density at radius 1 is 1.14 bits per heavy atom. The highest BCUT2D eigenvalue weighted by atomic mass is 16.2. The zero-order valence-electron chi connectivity index (χ0n) is 13.0. The van der Waals surface area contributed by atoms with Gasteiger partial charge in [0.1, 0.15) is 5.82 Å². The summed E-state index contributed by atoms with van der Waals surface area (Å²) in [5.74, 6) is 0.476. The molecular formula is C17H22N4O. The number of amides is 1. The second kappa shape index (κ2) is 6.22. The molecule has 1 aromatic carbocycles. The number of benzene rings is 1. The van der Waals surface area contributed by atoms with Crippen LogP contribution in [0.25, 0.3) is 5.69 Å². The van der Waals surface area contributed by atoms with Crippen molar-refractivity contribution in [3.63, 3.8) is 0 Å². The first kappa shape index (κ1) is 14.6. The van der Waals surface area contributed by atoms with Crippen LogP contribution in [0, 0.1) is 6.92 Å². The number of carbonyl (C=O) groups excluding carboxylic acids is 1. The number of anilines is 1. The van der Waals surface area contributed by atoms with E-state index in [1.807, 2.05) is 36.1 Å². The number of carbonyl (C=O) groups is 1. The Kier molecular flexibility index (Phi) is 4.13. The van der Waals surface area contributed by atoms with E-state index in [9.17, 15) is 4.79 Å². The van der Waals surface area contributed by atoms with Crippen molar-refractivity contribution in [3.05, 3.63) is 41.6 Å². The monoisotopic (exact) mass is 298 g/mol. The number of aryl methyl sites for hydroxylation is 1. The maximum atomic E-state index is 12.6. The van der Waals surface area contributed by atoms with Crippen LogP contribution in [0.3, 0.4) is 0 Å². The molecule has 0 aliphatic carbocycles. The molecule has 1 aliphatic heterocycles. The van der Waals surface area contributed by atoms with Crippen molar-refractivity contribution in [1.29, 1.82) is 0 Å². The topological polar surface area (TPSA) is 64.2 Å². The molecule has 0 spiro atoms. The molecular weight excluding hydrogens is 276 g/mol. The fourth-order valence-corrected chi connectivity index (χ4v) is 2.90. The molecule has 116 valence electrons. The highest BCUT2D eigenvalue weighted by molar-refractivity contribution is 5.93. The van der Waals surface area contributed by atoms with Gasteiger partial charge < -0.3 is 10.6 Å². The second-order valence-corrected chi connectivity index (χ2v) is 5.91. The quantitative estimate of drug-likeness (QED) is 0.927. The van der Waals surface area contributed by atoms with Gasteiger partial charge in [0, 0.05) is 19.2 Å². The second-order valence-electron chi connectivity index (χ2n) is 5.91. The Bertz CT molecular complexity index is 669. The van der Waals surface area contributed by atoms with Gasteiger partial charge in [-0.15, -0.1) is 0 Å². The molecule has 2 aromatic rings. The number of nitrogens with two attached hydrogens (primary N) is 1. The van der Waals surface area contributed by atoms with E-state index in [1.165, 1.54) is 12.8 Å². The first-order valence-electron chi connectivity index (χ1n) is 7.87. The van der Waals surface area contributed by atoms with E-state index >= 15 is 0 Å². The zero-order valence-corrected chi connectivity index (χ0v) is 13.0. The first-order valence-corrected chi connectivity index (χ1v) is 7.87. The molecule has 1 saturated heterocycles. The van der Waals surface area contributed by atoms with Crippen LogP contribution in [0.15, 0.2) is 30.3 Å². The van der Waals surface area contributed by atoms with Gasteiger partial charge in [0.15, 0.2) is 5.69 Å². The average molecular weight is 298 g/mol. The van der Waals surface area contributed by atoms with Crippen molar-refractivity contribution in [2.75, 3.05) is 18.8 Å². The van der Waals surface area contributed by atoms with Crippen molar-refractivity contribution < 1.29 is 4.79 Å². The molecule has 1 aromatic heterocycles. The van der Waals surface area contributed by atoms with Crippen LogP contribution in [0.4, 0.5) is 5.82 Å². The molecule has 0 saturated carbocycles. The third-order valence-corrected chi connectivity index (χ3v) is 4.10. The zero-order chi connectivity index (χ0) is 15.5. The number of hydrogen-bond acceptors (Lipinski definition) is 3. The molecule has 22 heavy (non-hydrogen) atoms. The smallest absolute Gasteiger partial charge is 0.274 e. The minimum atomic E-state index is -0.0139. The van der Waals surface area contributed by atoms with E-state index in [2.05, 4.69) is 5.10 Å². The van der Waals surface area contributed by atoms with Crippen LogP contribution >= 0.6 is 0 Å². The third kappa shape index (κ3) is 2.98. The van der Waals surface area contributed by atoms with Crippen molar-refractivity contribution in [2.24, 2.45) is 0 Å². The molecule has 1 aliphatic rings. The summed E-state index contributed by atoms with van der Waals surface area (Å²) in [5.41, 5.74) is 8.50. The van der Waals surface area contributed by atoms with Crippen LogP contribution in [0.2, 0.25) is 0 Å². The van der Waals surface area contributed by atoms with Crippen LogP contribution in [-0.4, -0.2) is 33.7 Å². The van der Waals surface area contributed by atoms with Crippen LogP contribution in [0.1, 0.15) is 41.7 Å². The maximum Gasteiger partial charge on any atom is 0.274 e. The Labute approximate surface area is 130 Å². The Morgan fingerprint density at radius 3 is 2.55 bits per heavy atom. The summed E-state index contributed by atoms with van der Waals surface area (Å²) in [6, 6.07) is 9.60. The van der Waals surface area contributed by atoms with E-state index in [4.69, 9.17) is 5.73 Å². The maximum absolute atomic E-state index is 12.6. The fraction of sp³-hybridized carbons (Fsp3) is 0.412. The lowest BCUT2D eigenvalue weighted by atomic mass is 10.2. The molecule has 1 fully saturated rings. The lowest BCUT2D eigenvalue weighted by Gasteiger charge is -2.18. The van der Waals surface area contributed by atoms with E-state index < -0.39 is 0 Å². The van der Waals surface area contributed by atoms with E-state index in [-0.39, 0.29) is 5.91 Å². The predicted molar refractivity (Wildman–Crippen MR) is 87.1 cm³/mol. The molecule has 0 radical (unpaired) electrons. The van der Waals surface area contributed by atoms with Gasteiger partial charge in [0.05, 0.1) is 5.69 Å². The number of nitrogen functional groups attached to an aromatic ring is 1. The van der Waals surface area contributed by atoms with Crippen molar-refractivity contribution in [3.8, 4) is 5.69 Å². The minimum Gasteiger partial charge on any atom is -0.384 e. The summed E-state index contributed by atoms with van der Waals surface area (Å²) in [6.07, 6.45) is 4.53. The molecule has 1 amide bonds. The van der Waals surface area contributed by atoms with Crippen molar-refractivity contribution in [2.45, 2.75) is 32.6 Å². The van der Waals surface area contributed by atoms with Crippen LogP contribution < -0.4 is 5.73 Å². The van der Waals surface area contributed by atoms with E-state index in [1.54, 1.807) is 10.7 Å². The predicted octanol–water partition coefficient (Wildman–Crippen LogP) is 2.78. The third-order valence-electron chi connectivity index (χ3n) is 4.10. The average Bonchev–Trinajstić information content (AvgIpc) is 2.73. The normalized spacial score (nSPS) is 15.6. The molecule has 0 unspecified atom stereocenters. The van der Waals surface area contributed by atoms with Crippen molar-refractivity contribution in [1.82, 2.24) is 14.7 Å². The minimum absolute atomic E-state index is 0.0139. The largest absolute Gasteiger partial charge is 0.384 e. The molecule has 3 rings (SSSR count). The summed E-state index contributed by atoms with van der Waals surface area (Å²) in [6.45, 7) is 3.65. The molecule has 2 heterocycles. The standard InChI is InChI=1S/C17H22N4O/c1-13-7-6-8-14(11-13)21-16(18)12-15(19-21)17(22)20-9-4-2-3-5-10-20/h6-8,11-12H,2-5,9-10,18H2,1H3. The lowest BCUT2D eigenvalue weighted by Crippen LogP contribution is -2.32. The molecule has 0 atom stereocenters. The SMILES string of the molecule is Cc1cccc(-n2nc(C(=O)N3CCCCCC3)cc2N)c1. The van der Waals surface area contributed by atoms with E-state index in [0.717, 1.165) is 37.2 Å². The summed E-state index contributed by atoms with van der Waals surface area (Å²) >= 11 is 0. The van der Waals surface area contributed by atoms with Crippen LogP contribution in [-0.2, 0) is 0 Å². The van der Waals surface area contributed by atoms with Gasteiger partial charge in [0.2, 0.25) is 0 Å². The molecule has 5 nitrogen and oxygen atoms in total. The number of aromatic nitrogens is 2. The summed E-state index contributed by atoms with van der Waals surface area (Å²) < 4.78 is 1.64. The fourth-order valence-electron chi connectivity index (χ4n) is 2.90. The van der Waals surface area contributed by atoms with Crippen molar-refractivity contribution >= 4 is 11.7 Å². The number of nitrogens with zero attached hydrogens (tertiary/aromatic N) is 3. The first-order chi connectivity index (χ1) is 10.6. The Balaban J connectivity index is 1.86. The Hall–Kier alpha value is -2.30. The van der Waals surface area contributed by atoms with Gasteiger partial charge in [-0.05, 0) is 37.5 Å². The number of rotatable bonds is 2. The van der Waals surface area contributed by atoms with Gasteiger partial charge in [0.25, 0.3) is 5.91 Å². The summed E-state index contributed by atoms with van der Waals surface area (Å²) in [5, 5.41) is 4.43. The van der Waals surface area contributed by atoms with Gasteiger partial charge in [-0.3, -0.25) is 4.79 Å². The summed E-state index contributed by atoms with van der Waals surface area (Å²) in [4.78, 5) is 14.5. The van der Waals surface area contributed by atoms with E-state index in [0.29, 0.717) is 11.5 Å². The molecule has 5 heteroatoms. The molecule has 2 N–H and O–H groups in total. The Morgan fingerprint density at radius 2 is 1.86 bits per heavy atom. The van der Waals surface area contributed by atoms with Gasteiger partial charge in [-0.2, -0.15) is 5.10 Å². The summed E-state index contributed by atoms with van der Waals surface area (Å²) in [7, 11) is 0. The highest BCUT2D eigenvalue weighted by Gasteiger charge is 2.21. The van der Waals surface area contributed by atoms with Gasteiger partial charge in [-0.1, -0.05) is 25.0 Å². The molecule has 0 bridgehead atoms. The number of hydrogen-bond donors (Lipinski definition) is 1. The highest BCUT2D eigenvalue weighted by Crippen LogP contribution is 2.18. The van der Waals surface area contributed by atoms with Gasteiger partial charge in [-0.25, -0.2) is 4.68 Å². The van der Waals surface area contributed by atoms with Crippen LogP contribution in [0.5, 0.6) is 0 Å². The number of likely N-dealkylation sites (tertiary alicyclic amines) is 1. The van der Waals surface area contributed by atoms with Gasteiger partial charge >= 0.3 is 0 Å². The lowest BCUT2D eigenvalue weighted by molar-refractivity contribution is 0.0755.